The number of nitrogens with zero attached hydrogens (tertiary/aromatic N) is 1. The van der Waals surface area contributed by atoms with Gasteiger partial charge < -0.3 is 0 Å². The molecule has 4 N–H and O–H groups in total. The third-order valence-electron chi connectivity index (χ3n) is 1.57. The van der Waals surface area contributed by atoms with E-state index in [2.05, 4.69) is 5.22 Å². The summed E-state index contributed by atoms with van der Waals surface area (Å²) in [7, 11) is 0. The number of carbonyl (C=O) groups excluding carboxylic acids is 4. The summed E-state index contributed by atoms with van der Waals surface area (Å²) in [6.07, 6.45) is 3.44. The molecule has 0 aromatic heterocycles. The van der Waals surface area contributed by atoms with Crippen molar-refractivity contribution in [3.63, 3.8) is 0 Å². The SMILES string of the molecule is N=NNC1=CC(=O)NC1=O.O=C1C=CC(=O)N1. The zero-order chi connectivity index (χ0) is 12.8. The van der Waals surface area contributed by atoms with Crippen molar-refractivity contribution in [2.75, 3.05) is 0 Å². The summed E-state index contributed by atoms with van der Waals surface area (Å²) in [6, 6.07) is 0. The number of imide groups is 2. The summed E-state index contributed by atoms with van der Waals surface area (Å²) in [4.78, 5) is 41.0. The van der Waals surface area contributed by atoms with Gasteiger partial charge >= 0.3 is 0 Å². The minimum Gasteiger partial charge on any atom is -0.289 e. The quantitative estimate of drug-likeness (QED) is 0.256. The molecule has 0 bridgehead atoms. The Labute approximate surface area is 94.4 Å². The summed E-state index contributed by atoms with van der Waals surface area (Å²) in [5.74, 6) is -1.70. The number of carbonyl (C=O) groups is 4. The Morgan fingerprint density at radius 1 is 1.00 bits per heavy atom. The minimum atomic E-state index is -0.555. The van der Waals surface area contributed by atoms with Gasteiger partial charge in [0.2, 0.25) is 0 Å². The van der Waals surface area contributed by atoms with E-state index in [4.69, 9.17) is 5.53 Å². The molecule has 0 fully saturated rings. The molecule has 0 aromatic rings. The smallest absolute Gasteiger partial charge is 0.276 e. The summed E-state index contributed by atoms with van der Waals surface area (Å²) in [6.45, 7) is 0. The Kier molecular flexibility index (Phi) is 3.81. The first-order chi connectivity index (χ1) is 8.02. The van der Waals surface area contributed by atoms with Crippen LogP contribution >= 0.6 is 0 Å². The van der Waals surface area contributed by atoms with Crippen LogP contribution in [0, 0.1) is 5.53 Å². The van der Waals surface area contributed by atoms with Crippen LogP contribution in [0.1, 0.15) is 0 Å². The van der Waals surface area contributed by atoms with E-state index in [0.29, 0.717) is 0 Å². The maximum absolute atomic E-state index is 10.6. The van der Waals surface area contributed by atoms with Gasteiger partial charge in [0.05, 0.1) is 0 Å². The molecule has 88 valence electrons. The molecule has 9 nitrogen and oxygen atoms in total. The van der Waals surface area contributed by atoms with E-state index < -0.39 is 11.8 Å². The van der Waals surface area contributed by atoms with Gasteiger partial charge in [0.15, 0.2) is 0 Å². The van der Waals surface area contributed by atoms with Crippen LogP contribution in [0.25, 0.3) is 0 Å². The van der Waals surface area contributed by atoms with Crippen LogP contribution < -0.4 is 16.1 Å². The molecule has 2 aliphatic rings. The topological polar surface area (TPSA) is 141 Å². The van der Waals surface area contributed by atoms with Crippen molar-refractivity contribution >= 4 is 23.6 Å². The Bertz CT molecular complexity index is 449. The Morgan fingerprint density at radius 3 is 1.88 bits per heavy atom. The molecular weight excluding hydrogens is 230 g/mol. The highest BCUT2D eigenvalue weighted by Crippen LogP contribution is 1.96. The van der Waals surface area contributed by atoms with Gasteiger partial charge in [-0.2, -0.15) is 5.53 Å². The first-order valence-corrected chi connectivity index (χ1v) is 4.25. The standard InChI is InChI=1S/C4H4N4O2.C4H3NO2/c5-8-7-2-1-3(9)6-4(2)10;6-3-1-2-4(7)5-3/h1H,(H3,5,6,7,9,10);1-2H,(H,5,6,7). The van der Waals surface area contributed by atoms with E-state index in [1.165, 1.54) is 12.2 Å². The molecule has 0 spiro atoms. The molecule has 0 radical (unpaired) electrons. The maximum atomic E-state index is 10.6. The highest BCUT2D eigenvalue weighted by molar-refractivity contribution is 6.15. The number of hydrogen-bond acceptors (Lipinski definition) is 6. The first-order valence-electron chi connectivity index (χ1n) is 4.25. The van der Waals surface area contributed by atoms with Gasteiger partial charge in [-0.25, -0.2) is 0 Å². The second kappa shape index (κ2) is 5.30. The molecule has 4 amide bonds. The van der Waals surface area contributed by atoms with Crippen molar-refractivity contribution in [1.29, 1.82) is 5.53 Å². The van der Waals surface area contributed by atoms with Gasteiger partial charge in [-0.15, -0.1) is 0 Å². The predicted molar refractivity (Wildman–Crippen MR) is 51.8 cm³/mol. The molecule has 0 saturated heterocycles. The molecule has 0 atom stereocenters. The molecule has 0 aliphatic carbocycles. The second-order valence-electron chi connectivity index (χ2n) is 2.79. The van der Waals surface area contributed by atoms with Crippen molar-refractivity contribution in [3.05, 3.63) is 23.9 Å². The Hall–Kier alpha value is -2.84. The molecule has 0 saturated carbocycles. The molecule has 0 unspecified atom stereocenters. The van der Waals surface area contributed by atoms with Gasteiger partial charge in [0, 0.05) is 18.2 Å². The van der Waals surface area contributed by atoms with Crippen LogP contribution in [-0.4, -0.2) is 23.6 Å². The second-order valence-corrected chi connectivity index (χ2v) is 2.79. The van der Waals surface area contributed by atoms with Crippen LogP contribution in [0.15, 0.2) is 29.1 Å². The molecule has 17 heavy (non-hydrogen) atoms. The van der Waals surface area contributed by atoms with Crippen molar-refractivity contribution in [1.82, 2.24) is 16.1 Å². The largest absolute Gasteiger partial charge is 0.289 e. The number of amides is 4. The van der Waals surface area contributed by atoms with Crippen LogP contribution in [0.3, 0.4) is 0 Å². The van der Waals surface area contributed by atoms with E-state index in [9.17, 15) is 19.2 Å². The van der Waals surface area contributed by atoms with E-state index in [1.54, 1.807) is 0 Å². The molecule has 2 rings (SSSR count). The fourth-order valence-corrected chi connectivity index (χ4v) is 0.911. The highest BCUT2D eigenvalue weighted by atomic mass is 16.2. The third-order valence-corrected chi connectivity index (χ3v) is 1.57. The molecule has 2 aliphatic heterocycles. The number of hydrogen-bond donors (Lipinski definition) is 4. The maximum Gasteiger partial charge on any atom is 0.276 e. The zero-order valence-electron chi connectivity index (χ0n) is 8.31. The summed E-state index contributed by atoms with van der Waals surface area (Å²) in [5.41, 5.74) is 8.35. The first kappa shape index (κ1) is 12.2. The Balaban J connectivity index is 0.000000181. The fraction of sp³-hybridized carbons (Fsp3) is 0. The van der Waals surface area contributed by atoms with Crippen molar-refractivity contribution in [2.45, 2.75) is 0 Å². The van der Waals surface area contributed by atoms with E-state index in [0.717, 1.165) is 6.08 Å². The highest BCUT2D eigenvalue weighted by Gasteiger charge is 2.19. The third kappa shape index (κ3) is 3.66. The molecule has 9 heteroatoms. The van der Waals surface area contributed by atoms with Crippen molar-refractivity contribution < 1.29 is 19.2 Å². The predicted octanol–water partition coefficient (Wildman–Crippen LogP) is -1.74. The van der Waals surface area contributed by atoms with Gasteiger partial charge in [0.1, 0.15) is 5.70 Å². The summed E-state index contributed by atoms with van der Waals surface area (Å²) >= 11 is 0. The van der Waals surface area contributed by atoms with Gasteiger partial charge in [-0.3, -0.25) is 35.2 Å². The Morgan fingerprint density at radius 2 is 1.59 bits per heavy atom. The normalized spacial score (nSPS) is 16.8. The van der Waals surface area contributed by atoms with Crippen LogP contribution in [0.2, 0.25) is 0 Å². The van der Waals surface area contributed by atoms with Crippen LogP contribution in [0.4, 0.5) is 0 Å². The van der Waals surface area contributed by atoms with Crippen molar-refractivity contribution in [3.8, 4) is 0 Å². The fourth-order valence-electron chi connectivity index (χ4n) is 0.911. The van der Waals surface area contributed by atoms with E-state index in [-0.39, 0.29) is 17.5 Å². The van der Waals surface area contributed by atoms with Crippen molar-refractivity contribution in [2.24, 2.45) is 5.22 Å². The summed E-state index contributed by atoms with van der Waals surface area (Å²) < 4.78 is 0. The molecule has 2 heterocycles. The van der Waals surface area contributed by atoms with Crippen LogP contribution in [0.5, 0.6) is 0 Å². The van der Waals surface area contributed by atoms with E-state index >= 15 is 0 Å². The van der Waals surface area contributed by atoms with Gasteiger partial charge in [0.25, 0.3) is 23.6 Å². The van der Waals surface area contributed by atoms with Gasteiger partial charge in [-0.05, 0) is 0 Å². The minimum absolute atomic E-state index is 0.000000000000000222. The number of nitrogens with one attached hydrogen (secondary N) is 4. The molecule has 0 aromatic carbocycles. The van der Waals surface area contributed by atoms with Gasteiger partial charge in [-0.1, -0.05) is 5.22 Å². The summed E-state index contributed by atoms with van der Waals surface area (Å²) in [5, 5.41) is 6.72. The average Bonchev–Trinajstić information content (AvgIpc) is 2.75. The monoisotopic (exact) mass is 237 g/mol. The molecular formula is C8H7N5O4. The lowest BCUT2D eigenvalue weighted by Crippen LogP contribution is -2.25. The zero-order valence-corrected chi connectivity index (χ0v) is 8.31. The van der Waals surface area contributed by atoms with Crippen LogP contribution in [-0.2, 0) is 19.2 Å². The lowest BCUT2D eigenvalue weighted by atomic mass is 10.4. The lowest BCUT2D eigenvalue weighted by Gasteiger charge is -1.92. The van der Waals surface area contributed by atoms with E-state index in [1.807, 2.05) is 16.1 Å². The average molecular weight is 237 g/mol. The lowest BCUT2D eigenvalue weighted by molar-refractivity contribution is -0.125. The number of rotatable bonds is 2.